The molecule has 5 heteroatoms. The number of nitrogens with zero attached hydrogens (tertiary/aromatic N) is 1. The summed E-state index contributed by atoms with van der Waals surface area (Å²) in [5.41, 5.74) is 4.19. The minimum Gasteiger partial charge on any atom is -0.494 e. The second kappa shape index (κ2) is 8.05. The maximum atomic E-state index is 13.3. The first kappa shape index (κ1) is 20.9. The zero-order valence-electron chi connectivity index (χ0n) is 18.4. The van der Waals surface area contributed by atoms with Crippen LogP contribution in [0.25, 0.3) is 0 Å². The standard InChI is InChI=1S/C25H31NO4/c1-18-7-12-22-21(17-18)25(29-15-6-16-30-25)23(27)26(22)13-5-14-28-20-10-8-19(9-11-20)24(2,3)4/h7-12,17H,5-6,13-16H2,1-4H3. The molecule has 1 amide bonds. The average Bonchev–Trinajstić information content (AvgIpc) is 2.93. The quantitative estimate of drug-likeness (QED) is 0.672. The van der Waals surface area contributed by atoms with E-state index in [2.05, 4.69) is 32.9 Å². The van der Waals surface area contributed by atoms with Gasteiger partial charge >= 0.3 is 0 Å². The van der Waals surface area contributed by atoms with Crippen LogP contribution in [0.4, 0.5) is 5.69 Å². The van der Waals surface area contributed by atoms with Gasteiger partial charge in [0.1, 0.15) is 5.75 Å². The molecule has 1 fully saturated rings. The molecule has 2 aliphatic heterocycles. The first-order chi connectivity index (χ1) is 14.3. The second-order valence-electron chi connectivity index (χ2n) is 9.12. The van der Waals surface area contributed by atoms with Crippen LogP contribution in [-0.2, 0) is 25.5 Å². The number of hydrogen-bond donors (Lipinski definition) is 0. The predicted octanol–water partition coefficient (Wildman–Crippen LogP) is 4.70. The van der Waals surface area contributed by atoms with Gasteiger partial charge in [0.25, 0.3) is 11.7 Å². The first-order valence-electron chi connectivity index (χ1n) is 10.8. The third-order valence-electron chi connectivity index (χ3n) is 5.74. The summed E-state index contributed by atoms with van der Waals surface area (Å²) in [5.74, 6) is -0.553. The van der Waals surface area contributed by atoms with Crippen LogP contribution in [-0.4, -0.2) is 32.3 Å². The van der Waals surface area contributed by atoms with Gasteiger partial charge in [-0.3, -0.25) is 4.79 Å². The number of fused-ring (bicyclic) bond motifs is 2. The van der Waals surface area contributed by atoms with Crippen LogP contribution in [0.3, 0.4) is 0 Å². The summed E-state index contributed by atoms with van der Waals surface area (Å²) in [6.07, 6.45) is 1.52. The molecular formula is C25H31NO4. The highest BCUT2D eigenvalue weighted by atomic mass is 16.7. The van der Waals surface area contributed by atoms with Crippen molar-refractivity contribution >= 4 is 11.6 Å². The molecule has 0 N–H and O–H groups in total. The third-order valence-corrected chi connectivity index (χ3v) is 5.74. The summed E-state index contributed by atoms with van der Waals surface area (Å²) in [4.78, 5) is 15.1. The fourth-order valence-corrected chi connectivity index (χ4v) is 4.05. The Hall–Kier alpha value is -2.37. The highest BCUT2D eigenvalue weighted by Gasteiger charge is 2.54. The number of aryl methyl sites for hydroxylation is 1. The van der Waals surface area contributed by atoms with Crippen molar-refractivity contribution in [2.75, 3.05) is 31.3 Å². The topological polar surface area (TPSA) is 48.0 Å². The molecule has 5 nitrogen and oxygen atoms in total. The van der Waals surface area contributed by atoms with Crippen molar-refractivity contribution in [1.82, 2.24) is 0 Å². The molecule has 2 aromatic rings. The minimum atomic E-state index is -1.27. The van der Waals surface area contributed by atoms with Gasteiger partial charge in [0.2, 0.25) is 0 Å². The average molecular weight is 410 g/mol. The highest BCUT2D eigenvalue weighted by Crippen LogP contribution is 2.45. The lowest BCUT2D eigenvalue weighted by Crippen LogP contribution is -2.47. The molecule has 4 rings (SSSR count). The Morgan fingerprint density at radius 3 is 2.43 bits per heavy atom. The van der Waals surface area contributed by atoms with Gasteiger partial charge in [-0.2, -0.15) is 0 Å². The molecule has 0 bridgehead atoms. The van der Waals surface area contributed by atoms with Crippen molar-refractivity contribution < 1.29 is 19.0 Å². The summed E-state index contributed by atoms with van der Waals surface area (Å²) in [6.45, 7) is 10.8. The number of benzene rings is 2. The molecule has 0 radical (unpaired) electrons. The van der Waals surface area contributed by atoms with Crippen LogP contribution in [0.1, 0.15) is 50.3 Å². The van der Waals surface area contributed by atoms with Crippen LogP contribution < -0.4 is 9.64 Å². The van der Waals surface area contributed by atoms with Gasteiger partial charge in [0.15, 0.2) is 0 Å². The molecule has 1 spiro atoms. The minimum absolute atomic E-state index is 0.125. The van der Waals surface area contributed by atoms with Gasteiger partial charge in [0, 0.05) is 12.1 Å². The van der Waals surface area contributed by atoms with Gasteiger partial charge in [-0.05, 0) is 55.0 Å². The number of ether oxygens (including phenoxy) is 3. The Morgan fingerprint density at radius 1 is 1.07 bits per heavy atom. The number of hydrogen-bond acceptors (Lipinski definition) is 4. The smallest absolute Gasteiger partial charge is 0.292 e. The van der Waals surface area contributed by atoms with Crippen molar-refractivity contribution in [1.29, 1.82) is 0 Å². The van der Waals surface area contributed by atoms with E-state index in [-0.39, 0.29) is 11.3 Å². The number of amides is 1. The van der Waals surface area contributed by atoms with Crippen molar-refractivity contribution in [3.63, 3.8) is 0 Å². The Morgan fingerprint density at radius 2 is 1.77 bits per heavy atom. The van der Waals surface area contributed by atoms with Gasteiger partial charge in [-0.25, -0.2) is 0 Å². The summed E-state index contributed by atoms with van der Waals surface area (Å²) >= 11 is 0. The van der Waals surface area contributed by atoms with E-state index in [0.29, 0.717) is 26.4 Å². The van der Waals surface area contributed by atoms with E-state index in [1.54, 1.807) is 4.90 Å². The Balaban J connectivity index is 1.41. The van der Waals surface area contributed by atoms with Crippen LogP contribution in [0.2, 0.25) is 0 Å². The Bertz CT molecular complexity index is 908. The molecule has 0 aliphatic carbocycles. The number of carbonyl (C=O) groups is 1. The largest absolute Gasteiger partial charge is 0.494 e. The van der Waals surface area contributed by atoms with Gasteiger partial charge in [-0.1, -0.05) is 44.5 Å². The number of carbonyl (C=O) groups excluding carboxylic acids is 1. The van der Waals surface area contributed by atoms with E-state index in [1.165, 1.54) is 5.56 Å². The second-order valence-corrected chi connectivity index (χ2v) is 9.12. The maximum Gasteiger partial charge on any atom is 0.292 e. The zero-order valence-corrected chi connectivity index (χ0v) is 18.4. The molecule has 1 saturated heterocycles. The van der Waals surface area contributed by atoms with Crippen LogP contribution in [0.5, 0.6) is 5.75 Å². The number of rotatable bonds is 5. The highest BCUT2D eigenvalue weighted by molar-refractivity contribution is 6.06. The molecular weight excluding hydrogens is 378 g/mol. The predicted molar refractivity (Wildman–Crippen MR) is 117 cm³/mol. The SMILES string of the molecule is Cc1ccc2c(c1)C1(OCCCO1)C(=O)N2CCCOc1ccc(C(C)(C)C)cc1. The van der Waals surface area contributed by atoms with E-state index in [4.69, 9.17) is 14.2 Å². The normalized spacial score (nSPS) is 18.0. The van der Waals surface area contributed by atoms with Gasteiger partial charge in [-0.15, -0.1) is 0 Å². The lowest BCUT2D eigenvalue weighted by molar-refractivity contribution is -0.256. The fourth-order valence-electron chi connectivity index (χ4n) is 4.05. The van der Waals surface area contributed by atoms with Crippen LogP contribution in [0, 0.1) is 6.92 Å². The zero-order chi connectivity index (χ0) is 21.4. The Kier molecular flexibility index (Phi) is 5.60. The van der Waals surface area contributed by atoms with Gasteiger partial charge in [0.05, 0.1) is 25.5 Å². The molecule has 2 aliphatic rings. The van der Waals surface area contributed by atoms with Crippen LogP contribution in [0.15, 0.2) is 42.5 Å². The summed E-state index contributed by atoms with van der Waals surface area (Å²) < 4.78 is 17.8. The maximum absolute atomic E-state index is 13.3. The summed E-state index contributed by atoms with van der Waals surface area (Å²) in [6, 6.07) is 14.3. The molecule has 0 saturated carbocycles. The summed E-state index contributed by atoms with van der Waals surface area (Å²) in [5, 5.41) is 0. The molecule has 2 aromatic carbocycles. The van der Waals surface area contributed by atoms with E-state index in [9.17, 15) is 4.79 Å². The molecule has 30 heavy (non-hydrogen) atoms. The first-order valence-corrected chi connectivity index (χ1v) is 10.8. The molecule has 2 heterocycles. The monoisotopic (exact) mass is 409 g/mol. The number of anilines is 1. The Labute approximate surface area is 178 Å². The van der Waals surface area contributed by atoms with Crippen molar-refractivity contribution in [2.24, 2.45) is 0 Å². The fraction of sp³-hybridized carbons (Fsp3) is 0.480. The lowest BCUT2D eigenvalue weighted by Gasteiger charge is -2.32. The third kappa shape index (κ3) is 3.84. The van der Waals surface area contributed by atoms with E-state index >= 15 is 0 Å². The lowest BCUT2D eigenvalue weighted by atomic mass is 9.87. The van der Waals surface area contributed by atoms with Gasteiger partial charge < -0.3 is 19.1 Å². The van der Waals surface area contributed by atoms with Crippen molar-refractivity contribution in [3.8, 4) is 5.75 Å². The summed E-state index contributed by atoms with van der Waals surface area (Å²) in [7, 11) is 0. The molecule has 0 unspecified atom stereocenters. The molecule has 0 aromatic heterocycles. The van der Waals surface area contributed by atoms with E-state index < -0.39 is 5.79 Å². The van der Waals surface area contributed by atoms with Crippen molar-refractivity contribution in [2.45, 2.75) is 51.7 Å². The molecule has 160 valence electrons. The van der Waals surface area contributed by atoms with Crippen molar-refractivity contribution in [3.05, 3.63) is 59.2 Å². The van der Waals surface area contributed by atoms with E-state index in [0.717, 1.165) is 35.4 Å². The molecule has 0 atom stereocenters. The van der Waals surface area contributed by atoms with E-state index in [1.807, 2.05) is 37.3 Å². The van der Waals surface area contributed by atoms with Crippen LogP contribution >= 0.6 is 0 Å².